The van der Waals surface area contributed by atoms with Gasteiger partial charge in [-0.05, 0) is 42.2 Å². The number of anilines is 1. The molecule has 0 radical (unpaired) electrons. The first-order chi connectivity index (χ1) is 16.7. The van der Waals surface area contributed by atoms with Gasteiger partial charge in [0, 0.05) is 16.1 Å². The molecule has 0 aliphatic carbocycles. The smallest absolute Gasteiger partial charge is 0.234 e. The second-order valence-electron chi connectivity index (χ2n) is 7.51. The van der Waals surface area contributed by atoms with Crippen molar-refractivity contribution in [3.05, 3.63) is 78.4 Å². The largest absolute Gasteiger partial charge is 0.454 e. The number of fused-ring (bicyclic) bond motifs is 1. The molecule has 1 aromatic heterocycles. The quantitative estimate of drug-likeness (QED) is 0.341. The molecule has 34 heavy (non-hydrogen) atoms. The van der Waals surface area contributed by atoms with Crippen molar-refractivity contribution < 1.29 is 14.3 Å². The summed E-state index contributed by atoms with van der Waals surface area (Å²) in [6.45, 7) is 0.768. The van der Waals surface area contributed by atoms with Gasteiger partial charge in [0.05, 0.1) is 12.3 Å². The Balaban J connectivity index is 1.36. The van der Waals surface area contributed by atoms with Gasteiger partial charge in [0.25, 0.3) is 0 Å². The van der Waals surface area contributed by atoms with E-state index in [-0.39, 0.29) is 18.5 Å². The molecule has 9 heteroatoms. The number of benzene rings is 3. The van der Waals surface area contributed by atoms with Crippen molar-refractivity contribution in [2.45, 2.75) is 16.6 Å². The second-order valence-corrected chi connectivity index (χ2v) is 9.34. The normalized spacial score (nSPS) is 12.0. The Hall–Kier alpha value is -3.43. The van der Waals surface area contributed by atoms with Crippen LogP contribution in [0.4, 0.5) is 5.69 Å². The molecule has 1 aliphatic rings. The summed E-state index contributed by atoms with van der Waals surface area (Å²) < 4.78 is 13.0. The third-order valence-electron chi connectivity index (χ3n) is 5.21. The number of nitrogens with one attached hydrogen (secondary N) is 1. The van der Waals surface area contributed by atoms with Gasteiger partial charge in [0.15, 0.2) is 22.5 Å². The van der Waals surface area contributed by atoms with Crippen molar-refractivity contribution >= 4 is 35.1 Å². The summed E-state index contributed by atoms with van der Waals surface area (Å²) >= 11 is 3.00. The number of amides is 1. The molecule has 5 rings (SSSR count). The van der Waals surface area contributed by atoms with E-state index in [1.807, 2.05) is 83.6 Å². The van der Waals surface area contributed by atoms with Crippen molar-refractivity contribution in [3.8, 4) is 22.9 Å². The second kappa shape index (κ2) is 10.2. The van der Waals surface area contributed by atoms with Gasteiger partial charge in [-0.2, -0.15) is 0 Å². The molecular formula is C25H22N4O3S2. The standard InChI is InChI=1S/C25H22N4O3S2/c1-33-20-9-5-8-19(13-20)26-23(30)15-34-25-28-27-24(18-6-3-2-4-7-18)29(25)14-17-10-11-21-22(12-17)32-16-31-21/h2-13H,14-16H2,1H3,(H,26,30). The molecule has 0 bridgehead atoms. The molecule has 2 heterocycles. The molecule has 1 amide bonds. The molecule has 0 unspecified atom stereocenters. The van der Waals surface area contributed by atoms with Gasteiger partial charge in [0.1, 0.15) is 0 Å². The van der Waals surface area contributed by atoms with Gasteiger partial charge in [0.2, 0.25) is 12.7 Å². The first-order valence-electron chi connectivity index (χ1n) is 10.6. The van der Waals surface area contributed by atoms with Crippen LogP contribution in [0.15, 0.2) is 82.8 Å². The Kier molecular flexibility index (Phi) is 6.73. The molecule has 1 N–H and O–H groups in total. The highest BCUT2D eigenvalue weighted by atomic mass is 32.2. The summed E-state index contributed by atoms with van der Waals surface area (Å²) in [4.78, 5) is 13.7. The van der Waals surface area contributed by atoms with Crippen molar-refractivity contribution in [2.24, 2.45) is 0 Å². The average Bonchev–Trinajstić information content (AvgIpc) is 3.50. The van der Waals surface area contributed by atoms with E-state index >= 15 is 0 Å². The molecule has 4 aromatic rings. The van der Waals surface area contributed by atoms with Crippen LogP contribution in [0, 0.1) is 0 Å². The maximum Gasteiger partial charge on any atom is 0.234 e. The van der Waals surface area contributed by atoms with Crippen molar-refractivity contribution in [2.75, 3.05) is 24.1 Å². The summed E-state index contributed by atoms with van der Waals surface area (Å²) in [6.07, 6.45) is 2.01. The Morgan fingerprint density at radius 1 is 1.00 bits per heavy atom. The topological polar surface area (TPSA) is 78.3 Å². The highest BCUT2D eigenvalue weighted by Crippen LogP contribution is 2.33. The van der Waals surface area contributed by atoms with E-state index in [9.17, 15) is 4.79 Å². The summed E-state index contributed by atoms with van der Waals surface area (Å²) in [6, 6.07) is 23.6. The van der Waals surface area contributed by atoms with E-state index < -0.39 is 0 Å². The van der Waals surface area contributed by atoms with Crippen LogP contribution in [0.5, 0.6) is 11.5 Å². The number of carbonyl (C=O) groups is 1. The number of carbonyl (C=O) groups excluding carboxylic acids is 1. The lowest BCUT2D eigenvalue weighted by Crippen LogP contribution is -2.15. The minimum absolute atomic E-state index is 0.0952. The van der Waals surface area contributed by atoms with Gasteiger partial charge >= 0.3 is 0 Å². The first kappa shape index (κ1) is 22.4. The predicted octanol–water partition coefficient (Wildman–Crippen LogP) is 5.17. The summed E-state index contributed by atoms with van der Waals surface area (Å²) in [7, 11) is 0. The number of aromatic nitrogens is 3. The third kappa shape index (κ3) is 5.05. The Morgan fingerprint density at radius 2 is 1.85 bits per heavy atom. The molecule has 0 saturated heterocycles. The van der Waals surface area contributed by atoms with Gasteiger partial charge in [-0.1, -0.05) is 54.2 Å². The van der Waals surface area contributed by atoms with Crippen molar-refractivity contribution in [1.82, 2.24) is 14.8 Å². The summed E-state index contributed by atoms with van der Waals surface area (Å²) in [5.74, 6) is 2.34. The van der Waals surface area contributed by atoms with Crippen LogP contribution in [0.1, 0.15) is 5.56 Å². The fourth-order valence-corrected chi connectivity index (χ4v) is 4.79. The Labute approximate surface area is 205 Å². The number of nitrogens with zero attached hydrogens (tertiary/aromatic N) is 3. The number of ether oxygens (including phenoxy) is 2. The summed E-state index contributed by atoms with van der Waals surface area (Å²) in [5.41, 5.74) is 2.77. The Bertz CT molecular complexity index is 1310. The molecule has 1 aliphatic heterocycles. The van der Waals surface area contributed by atoms with Crippen LogP contribution >= 0.6 is 23.5 Å². The minimum Gasteiger partial charge on any atom is -0.454 e. The van der Waals surface area contributed by atoms with E-state index in [1.54, 1.807) is 11.8 Å². The monoisotopic (exact) mass is 490 g/mol. The summed E-state index contributed by atoms with van der Waals surface area (Å²) in [5, 5.41) is 12.5. The lowest BCUT2D eigenvalue weighted by Gasteiger charge is -2.11. The average molecular weight is 491 g/mol. The SMILES string of the molecule is CSc1cccc(NC(=O)CSc2nnc(-c3ccccc3)n2Cc2ccc3c(c2)OCO3)c1. The molecule has 0 saturated carbocycles. The fraction of sp³-hybridized carbons (Fsp3) is 0.160. The number of rotatable bonds is 8. The zero-order valence-corrected chi connectivity index (χ0v) is 20.1. The van der Waals surface area contributed by atoms with E-state index in [2.05, 4.69) is 15.5 Å². The highest BCUT2D eigenvalue weighted by Gasteiger charge is 2.18. The number of thioether (sulfide) groups is 2. The first-order valence-corrected chi connectivity index (χ1v) is 12.8. The zero-order chi connectivity index (χ0) is 23.3. The molecule has 7 nitrogen and oxygen atoms in total. The molecular weight excluding hydrogens is 468 g/mol. The molecule has 0 spiro atoms. The van der Waals surface area contributed by atoms with E-state index in [1.165, 1.54) is 11.8 Å². The van der Waals surface area contributed by atoms with Crippen LogP contribution < -0.4 is 14.8 Å². The zero-order valence-electron chi connectivity index (χ0n) is 18.4. The van der Waals surface area contributed by atoms with Crippen LogP contribution in [0.3, 0.4) is 0 Å². The molecule has 0 atom stereocenters. The van der Waals surface area contributed by atoms with Crippen LogP contribution in [-0.2, 0) is 11.3 Å². The maximum absolute atomic E-state index is 12.6. The van der Waals surface area contributed by atoms with Gasteiger partial charge in [-0.3, -0.25) is 9.36 Å². The lowest BCUT2D eigenvalue weighted by molar-refractivity contribution is -0.113. The van der Waals surface area contributed by atoms with Crippen LogP contribution in [0.2, 0.25) is 0 Å². The number of hydrogen-bond acceptors (Lipinski definition) is 7. The van der Waals surface area contributed by atoms with E-state index in [4.69, 9.17) is 9.47 Å². The minimum atomic E-state index is -0.0952. The van der Waals surface area contributed by atoms with Gasteiger partial charge in [-0.15, -0.1) is 22.0 Å². The van der Waals surface area contributed by atoms with E-state index in [0.29, 0.717) is 11.7 Å². The van der Waals surface area contributed by atoms with Gasteiger partial charge < -0.3 is 14.8 Å². The van der Waals surface area contributed by atoms with Gasteiger partial charge in [-0.25, -0.2) is 0 Å². The number of hydrogen-bond donors (Lipinski definition) is 1. The fourth-order valence-electron chi connectivity index (χ4n) is 3.59. The molecule has 172 valence electrons. The highest BCUT2D eigenvalue weighted by molar-refractivity contribution is 7.99. The van der Waals surface area contributed by atoms with Crippen LogP contribution in [-0.4, -0.2) is 39.5 Å². The third-order valence-corrected chi connectivity index (χ3v) is 6.90. The molecule has 3 aromatic carbocycles. The van der Waals surface area contributed by atoms with Crippen molar-refractivity contribution in [3.63, 3.8) is 0 Å². The van der Waals surface area contributed by atoms with Crippen LogP contribution in [0.25, 0.3) is 11.4 Å². The van der Waals surface area contributed by atoms with Crippen molar-refractivity contribution in [1.29, 1.82) is 0 Å². The molecule has 0 fully saturated rings. The Morgan fingerprint density at radius 3 is 2.71 bits per heavy atom. The van der Waals surface area contributed by atoms with E-state index in [0.717, 1.165) is 39.0 Å². The maximum atomic E-state index is 12.6. The predicted molar refractivity (Wildman–Crippen MR) is 135 cm³/mol. The lowest BCUT2D eigenvalue weighted by atomic mass is 10.2.